The number of hydrogen-bond acceptors (Lipinski definition) is 1. The number of nitrogens with one attached hydrogen (secondary N) is 1. The molecule has 2 heterocycles. The Morgan fingerprint density at radius 2 is 1.52 bits per heavy atom. The van der Waals surface area contributed by atoms with Crippen LogP contribution in [0.5, 0.6) is 0 Å². The van der Waals surface area contributed by atoms with Crippen molar-refractivity contribution in [3.8, 4) is 0 Å². The quantitative estimate of drug-likeness (QED) is 0.443. The molecule has 0 amide bonds. The summed E-state index contributed by atoms with van der Waals surface area (Å²) in [5, 5.41) is 2.35. The zero-order chi connectivity index (χ0) is 16.3. The van der Waals surface area contributed by atoms with E-state index in [4.69, 9.17) is 0 Å². The molecular formula is C21H22N2. The van der Waals surface area contributed by atoms with Crippen molar-refractivity contribution in [1.82, 2.24) is 9.97 Å². The predicted octanol–water partition coefficient (Wildman–Crippen LogP) is 5.70. The van der Waals surface area contributed by atoms with Crippen molar-refractivity contribution in [3.63, 3.8) is 0 Å². The maximum Gasteiger partial charge on any atom is 0.0723 e. The Morgan fingerprint density at radius 1 is 0.826 bits per heavy atom. The molecule has 4 aromatic rings. The maximum atomic E-state index is 4.36. The van der Waals surface area contributed by atoms with Crippen LogP contribution in [0.2, 0.25) is 0 Å². The van der Waals surface area contributed by atoms with E-state index in [-0.39, 0.29) is 0 Å². The van der Waals surface area contributed by atoms with E-state index in [1.807, 2.05) is 36.7 Å². The number of aromatic nitrogens is 2. The zero-order valence-electron chi connectivity index (χ0n) is 13.9. The van der Waals surface area contributed by atoms with Crippen LogP contribution in [-0.2, 0) is 5.41 Å². The first kappa shape index (κ1) is 15.3. The third-order valence-electron chi connectivity index (χ3n) is 3.94. The van der Waals surface area contributed by atoms with Crippen LogP contribution in [0.15, 0.2) is 73.1 Å². The lowest BCUT2D eigenvalue weighted by Crippen LogP contribution is -2.10. The summed E-state index contributed by atoms with van der Waals surface area (Å²) in [7, 11) is 0. The highest BCUT2D eigenvalue weighted by atomic mass is 14.7. The lowest BCUT2D eigenvalue weighted by molar-refractivity contribution is 0.590. The van der Waals surface area contributed by atoms with Gasteiger partial charge in [-0.25, -0.2) is 0 Å². The summed E-state index contributed by atoms with van der Waals surface area (Å²) >= 11 is 0. The van der Waals surface area contributed by atoms with E-state index in [0.717, 1.165) is 5.52 Å². The van der Waals surface area contributed by atoms with E-state index in [1.165, 1.54) is 21.9 Å². The molecule has 0 spiro atoms. The van der Waals surface area contributed by atoms with Gasteiger partial charge in [-0.3, -0.25) is 4.98 Å². The standard InChI is InChI=1S/C11H8N2.C10H14/c1-2-4-10-9(3-1)11-8(7-13-10)5-6-12-11;1-10(2,3)9-7-5-4-6-8-9/h1-7,12H;4-8H,1-3H3. The van der Waals surface area contributed by atoms with Gasteiger partial charge in [-0.15, -0.1) is 0 Å². The number of aromatic amines is 1. The number of pyridine rings is 1. The molecule has 1 N–H and O–H groups in total. The monoisotopic (exact) mass is 302 g/mol. The van der Waals surface area contributed by atoms with Gasteiger partial charge in [0.1, 0.15) is 0 Å². The Bertz CT molecular complexity index is 899. The highest BCUT2D eigenvalue weighted by Gasteiger charge is 2.11. The van der Waals surface area contributed by atoms with E-state index in [9.17, 15) is 0 Å². The Balaban J connectivity index is 0.000000142. The minimum absolute atomic E-state index is 0.293. The lowest BCUT2D eigenvalue weighted by atomic mass is 9.87. The van der Waals surface area contributed by atoms with E-state index in [2.05, 4.69) is 67.1 Å². The molecule has 0 aliphatic carbocycles. The minimum Gasteiger partial charge on any atom is -0.361 e. The average Bonchev–Trinajstić information content (AvgIpc) is 3.05. The van der Waals surface area contributed by atoms with Gasteiger partial charge in [0, 0.05) is 23.2 Å². The molecule has 2 heteroatoms. The fraction of sp³-hybridized carbons (Fsp3) is 0.190. The number of hydrogen-bond donors (Lipinski definition) is 1. The third-order valence-corrected chi connectivity index (χ3v) is 3.94. The summed E-state index contributed by atoms with van der Waals surface area (Å²) in [5.41, 5.74) is 3.90. The second-order valence-electron chi connectivity index (χ2n) is 6.70. The molecule has 4 rings (SSSR count). The largest absolute Gasteiger partial charge is 0.361 e. The topological polar surface area (TPSA) is 28.7 Å². The summed E-state index contributed by atoms with van der Waals surface area (Å²) in [4.78, 5) is 7.58. The molecular weight excluding hydrogens is 280 g/mol. The molecule has 2 nitrogen and oxygen atoms in total. The zero-order valence-corrected chi connectivity index (χ0v) is 13.9. The van der Waals surface area contributed by atoms with Gasteiger partial charge >= 0.3 is 0 Å². The van der Waals surface area contributed by atoms with Crippen LogP contribution >= 0.6 is 0 Å². The Kier molecular flexibility index (Phi) is 4.16. The lowest BCUT2D eigenvalue weighted by Gasteiger charge is -2.18. The summed E-state index contributed by atoms with van der Waals surface area (Å²) < 4.78 is 0. The van der Waals surface area contributed by atoms with Gasteiger partial charge in [0.25, 0.3) is 0 Å². The fourth-order valence-electron chi connectivity index (χ4n) is 2.60. The van der Waals surface area contributed by atoms with Crippen molar-refractivity contribution in [2.24, 2.45) is 0 Å². The van der Waals surface area contributed by atoms with Crippen molar-refractivity contribution < 1.29 is 0 Å². The Hall–Kier alpha value is -2.61. The first-order chi connectivity index (χ1) is 11.1. The minimum atomic E-state index is 0.293. The number of benzene rings is 2. The van der Waals surface area contributed by atoms with E-state index in [0.29, 0.717) is 5.41 Å². The van der Waals surface area contributed by atoms with Gasteiger partial charge < -0.3 is 4.98 Å². The normalized spacial score (nSPS) is 11.3. The van der Waals surface area contributed by atoms with Crippen LogP contribution < -0.4 is 0 Å². The molecule has 116 valence electrons. The molecule has 0 aliphatic rings. The predicted molar refractivity (Wildman–Crippen MR) is 98.7 cm³/mol. The van der Waals surface area contributed by atoms with Crippen LogP contribution in [0.1, 0.15) is 26.3 Å². The van der Waals surface area contributed by atoms with Gasteiger partial charge in [-0.05, 0) is 23.1 Å². The van der Waals surface area contributed by atoms with Gasteiger partial charge in [-0.1, -0.05) is 69.3 Å². The van der Waals surface area contributed by atoms with Crippen LogP contribution in [0, 0.1) is 0 Å². The molecule has 0 fully saturated rings. The Labute approximate surface area is 137 Å². The van der Waals surface area contributed by atoms with Gasteiger partial charge in [0.15, 0.2) is 0 Å². The van der Waals surface area contributed by atoms with E-state index < -0.39 is 0 Å². The maximum absolute atomic E-state index is 4.36. The van der Waals surface area contributed by atoms with Crippen molar-refractivity contribution in [1.29, 1.82) is 0 Å². The van der Waals surface area contributed by atoms with E-state index in [1.54, 1.807) is 0 Å². The molecule has 2 aromatic carbocycles. The van der Waals surface area contributed by atoms with Gasteiger partial charge in [-0.2, -0.15) is 0 Å². The number of para-hydroxylation sites is 1. The molecule has 0 unspecified atom stereocenters. The summed E-state index contributed by atoms with van der Waals surface area (Å²) in [6, 6.07) is 20.7. The summed E-state index contributed by atoms with van der Waals surface area (Å²) in [6.07, 6.45) is 3.84. The SMILES string of the molecule is CC(C)(C)c1ccccc1.c1ccc2c(c1)ncc1cc[nH]c12. The van der Waals surface area contributed by atoms with Crippen LogP contribution in [-0.4, -0.2) is 9.97 Å². The summed E-state index contributed by atoms with van der Waals surface area (Å²) in [5.74, 6) is 0. The van der Waals surface area contributed by atoms with Gasteiger partial charge in [0.2, 0.25) is 0 Å². The average molecular weight is 302 g/mol. The number of fused-ring (bicyclic) bond motifs is 3. The van der Waals surface area contributed by atoms with Crippen molar-refractivity contribution in [2.45, 2.75) is 26.2 Å². The number of rotatable bonds is 0. The third kappa shape index (κ3) is 3.42. The first-order valence-electron chi connectivity index (χ1n) is 7.92. The molecule has 0 bridgehead atoms. The first-order valence-corrected chi connectivity index (χ1v) is 7.92. The number of H-pyrrole nitrogens is 1. The summed E-state index contributed by atoms with van der Waals surface area (Å²) in [6.45, 7) is 6.67. The highest BCUT2D eigenvalue weighted by molar-refractivity contribution is 6.02. The second kappa shape index (κ2) is 6.25. The van der Waals surface area contributed by atoms with Crippen LogP contribution in [0.25, 0.3) is 21.8 Å². The second-order valence-corrected chi connectivity index (χ2v) is 6.70. The van der Waals surface area contributed by atoms with Gasteiger partial charge in [0.05, 0.1) is 11.0 Å². The molecule has 0 saturated heterocycles. The Morgan fingerprint density at radius 3 is 2.22 bits per heavy atom. The highest BCUT2D eigenvalue weighted by Crippen LogP contribution is 2.21. The van der Waals surface area contributed by atoms with Crippen molar-refractivity contribution in [3.05, 3.63) is 78.6 Å². The molecule has 0 radical (unpaired) electrons. The fourth-order valence-corrected chi connectivity index (χ4v) is 2.60. The van der Waals surface area contributed by atoms with Crippen molar-refractivity contribution in [2.75, 3.05) is 0 Å². The van der Waals surface area contributed by atoms with Crippen LogP contribution in [0.4, 0.5) is 0 Å². The van der Waals surface area contributed by atoms with E-state index >= 15 is 0 Å². The molecule has 0 saturated carbocycles. The molecule has 23 heavy (non-hydrogen) atoms. The molecule has 0 atom stereocenters. The van der Waals surface area contributed by atoms with Crippen LogP contribution in [0.3, 0.4) is 0 Å². The van der Waals surface area contributed by atoms with Crippen molar-refractivity contribution >= 4 is 21.8 Å². The number of nitrogens with zero attached hydrogens (tertiary/aromatic N) is 1. The smallest absolute Gasteiger partial charge is 0.0723 e. The molecule has 2 aromatic heterocycles. The molecule has 0 aliphatic heterocycles.